The molecule has 0 radical (unpaired) electrons. The molecule has 2 saturated carbocycles. The molecule has 9 atom stereocenters. The molecule has 0 heterocycles. The van der Waals surface area contributed by atoms with E-state index < -0.39 is 27.6 Å². The highest BCUT2D eigenvalue weighted by Crippen LogP contribution is 2.69. The van der Waals surface area contributed by atoms with E-state index in [9.17, 15) is 19.1 Å². The van der Waals surface area contributed by atoms with E-state index in [1.807, 2.05) is 26.8 Å². The van der Waals surface area contributed by atoms with Crippen molar-refractivity contribution in [2.24, 2.45) is 34.5 Å². The fourth-order valence-electron chi connectivity index (χ4n) is 7.33. The molecular formula is C22H29F2O4PS. The SMILES string of the molecule is C[C@@H]1CC2C3CC(F)=C4CC(=O)C=C[C@]4(C)C3[C@@H](OP)C[C@]2(C)[C@@]1(O)C(=O)SCF. The molecule has 0 amide bonds. The molecule has 0 aromatic heterocycles. The van der Waals surface area contributed by atoms with Crippen LogP contribution in [0.15, 0.2) is 23.6 Å². The number of thioether (sulfide) groups is 1. The second-order valence-electron chi connectivity index (χ2n) is 9.88. The van der Waals surface area contributed by atoms with Crippen molar-refractivity contribution in [3.05, 3.63) is 23.6 Å². The normalized spacial score (nSPS) is 47.7. The van der Waals surface area contributed by atoms with Crippen molar-refractivity contribution < 1.29 is 28.0 Å². The molecule has 8 heteroatoms. The van der Waals surface area contributed by atoms with Gasteiger partial charge in [-0.2, -0.15) is 0 Å². The average Bonchev–Trinajstić information content (AvgIpc) is 2.90. The third kappa shape index (κ3) is 2.81. The highest BCUT2D eigenvalue weighted by Gasteiger charge is 2.71. The van der Waals surface area contributed by atoms with Crippen molar-refractivity contribution in [3.8, 4) is 0 Å². The number of hydrogen-bond donors (Lipinski definition) is 1. The lowest BCUT2D eigenvalue weighted by atomic mass is 9.47. The van der Waals surface area contributed by atoms with Gasteiger partial charge in [-0.1, -0.05) is 38.6 Å². The van der Waals surface area contributed by atoms with Crippen LogP contribution in [0.5, 0.6) is 0 Å². The third-order valence-corrected chi connectivity index (χ3v) is 9.77. The Labute approximate surface area is 182 Å². The summed E-state index contributed by atoms with van der Waals surface area (Å²) in [6.07, 6.45) is 4.24. The van der Waals surface area contributed by atoms with Crippen LogP contribution in [0.4, 0.5) is 8.78 Å². The number of ketones is 1. The number of carbonyl (C=O) groups is 2. The first-order chi connectivity index (χ1) is 14.0. The minimum Gasteiger partial charge on any atom is -0.380 e. The van der Waals surface area contributed by atoms with Crippen LogP contribution in [-0.4, -0.2) is 33.7 Å². The largest absolute Gasteiger partial charge is 0.380 e. The monoisotopic (exact) mass is 458 g/mol. The summed E-state index contributed by atoms with van der Waals surface area (Å²) >= 11 is 0.508. The van der Waals surface area contributed by atoms with Gasteiger partial charge in [0.05, 0.1) is 6.10 Å². The second-order valence-corrected chi connectivity index (χ2v) is 11.0. The number of halogens is 2. The van der Waals surface area contributed by atoms with Crippen LogP contribution >= 0.6 is 21.2 Å². The Morgan fingerprint density at radius 1 is 1.43 bits per heavy atom. The van der Waals surface area contributed by atoms with E-state index in [1.165, 1.54) is 0 Å². The highest BCUT2D eigenvalue weighted by atomic mass is 32.2. The molecule has 1 N–H and O–H groups in total. The predicted octanol–water partition coefficient (Wildman–Crippen LogP) is 4.54. The van der Waals surface area contributed by atoms with Gasteiger partial charge in [0.25, 0.3) is 0 Å². The fraction of sp³-hybridized carbons (Fsp3) is 0.727. The molecule has 0 saturated heterocycles. The number of allylic oxidation sites excluding steroid dienone is 4. The van der Waals surface area contributed by atoms with Crippen LogP contribution in [0.1, 0.15) is 46.5 Å². The molecule has 2 fully saturated rings. The topological polar surface area (TPSA) is 63.6 Å². The Kier molecular flexibility index (Phi) is 5.62. The van der Waals surface area contributed by atoms with Gasteiger partial charge in [0.1, 0.15) is 17.4 Å². The van der Waals surface area contributed by atoms with Crippen LogP contribution in [0.2, 0.25) is 0 Å². The predicted molar refractivity (Wildman–Crippen MR) is 115 cm³/mol. The Hall–Kier alpha value is -0.620. The summed E-state index contributed by atoms with van der Waals surface area (Å²) in [5.41, 5.74) is -2.65. The molecule has 0 aliphatic heterocycles. The zero-order chi connectivity index (χ0) is 22.1. The van der Waals surface area contributed by atoms with E-state index >= 15 is 4.39 Å². The molecule has 0 aromatic rings. The van der Waals surface area contributed by atoms with Gasteiger partial charge in [0, 0.05) is 39.1 Å². The number of alkyl halides is 1. The Bertz CT molecular complexity index is 847. The maximum atomic E-state index is 15.4. The van der Waals surface area contributed by atoms with Gasteiger partial charge in [0.2, 0.25) is 5.12 Å². The summed E-state index contributed by atoms with van der Waals surface area (Å²) in [4.78, 5) is 24.9. The lowest BCUT2D eigenvalue weighted by molar-refractivity contribution is -0.169. The zero-order valence-electron chi connectivity index (χ0n) is 17.5. The Balaban J connectivity index is 1.83. The van der Waals surface area contributed by atoms with Crippen LogP contribution in [0.3, 0.4) is 0 Å². The first-order valence-electron chi connectivity index (χ1n) is 10.5. The number of carbonyl (C=O) groups excluding carboxylic acids is 2. The van der Waals surface area contributed by atoms with Gasteiger partial charge in [-0.3, -0.25) is 9.59 Å². The lowest BCUT2D eigenvalue weighted by Gasteiger charge is -2.59. The average molecular weight is 459 g/mol. The van der Waals surface area contributed by atoms with Crippen molar-refractivity contribution >= 4 is 32.1 Å². The maximum absolute atomic E-state index is 15.4. The minimum absolute atomic E-state index is 0.0783. The fourth-order valence-corrected chi connectivity index (χ4v) is 8.35. The van der Waals surface area contributed by atoms with Crippen molar-refractivity contribution in [1.29, 1.82) is 0 Å². The van der Waals surface area contributed by atoms with Gasteiger partial charge >= 0.3 is 0 Å². The number of fused-ring (bicyclic) bond motifs is 5. The molecule has 30 heavy (non-hydrogen) atoms. The smallest absolute Gasteiger partial charge is 0.223 e. The summed E-state index contributed by atoms with van der Waals surface area (Å²) in [6.45, 7) is 5.67. The van der Waals surface area contributed by atoms with Gasteiger partial charge in [-0.15, -0.1) is 0 Å². The lowest BCUT2D eigenvalue weighted by Crippen LogP contribution is -2.62. The highest BCUT2D eigenvalue weighted by molar-refractivity contribution is 8.13. The first-order valence-corrected chi connectivity index (χ1v) is 11.9. The van der Waals surface area contributed by atoms with E-state index in [2.05, 4.69) is 9.47 Å². The maximum Gasteiger partial charge on any atom is 0.223 e. The summed E-state index contributed by atoms with van der Waals surface area (Å²) < 4.78 is 34.2. The molecule has 0 bridgehead atoms. The van der Waals surface area contributed by atoms with Crippen molar-refractivity contribution in [2.75, 3.05) is 6.01 Å². The van der Waals surface area contributed by atoms with Crippen molar-refractivity contribution in [1.82, 2.24) is 0 Å². The summed E-state index contributed by atoms with van der Waals surface area (Å²) in [5, 5.41) is 11.1. The van der Waals surface area contributed by atoms with E-state index in [-0.39, 0.29) is 54.2 Å². The molecule has 4 aliphatic rings. The molecule has 4 aliphatic carbocycles. The summed E-state index contributed by atoms with van der Waals surface area (Å²) in [5.74, 6) is -1.06. The van der Waals surface area contributed by atoms with E-state index in [0.29, 0.717) is 30.2 Å². The zero-order valence-corrected chi connectivity index (χ0v) is 19.5. The van der Waals surface area contributed by atoms with Crippen LogP contribution < -0.4 is 0 Å². The molecule has 0 aromatic carbocycles. The minimum atomic E-state index is -1.69. The standard InChI is InChI=1S/C22H29F2O4PS/c1-11-6-14-13-8-16(24)15-7-12(25)4-5-20(15,2)18(13)17(28-29)9-21(14,3)22(11,27)19(26)30-10-23/h4-5,11,13-14,17-18,27H,6-10,29H2,1-3H3/t11-,13?,14?,17+,18?,20+,21+,22+/m1/s1. The van der Waals surface area contributed by atoms with Crippen molar-refractivity contribution in [3.63, 3.8) is 0 Å². The molecule has 166 valence electrons. The van der Waals surface area contributed by atoms with Crippen LogP contribution in [0, 0.1) is 34.5 Å². The van der Waals surface area contributed by atoms with Crippen LogP contribution in [-0.2, 0) is 14.1 Å². The quantitative estimate of drug-likeness (QED) is 0.629. The number of hydrogen-bond acceptors (Lipinski definition) is 5. The number of aliphatic hydroxyl groups is 1. The van der Waals surface area contributed by atoms with Gasteiger partial charge < -0.3 is 9.63 Å². The summed E-state index contributed by atoms with van der Waals surface area (Å²) in [7, 11) is 2.29. The van der Waals surface area contributed by atoms with E-state index in [1.54, 1.807) is 6.08 Å². The molecular weight excluding hydrogens is 429 g/mol. The van der Waals surface area contributed by atoms with E-state index in [4.69, 9.17) is 4.52 Å². The molecule has 4 rings (SSSR count). The number of rotatable bonds is 3. The first kappa shape index (κ1) is 22.6. The molecule has 4 unspecified atom stereocenters. The van der Waals surface area contributed by atoms with Gasteiger partial charge in [0.15, 0.2) is 5.78 Å². The Morgan fingerprint density at radius 2 is 2.13 bits per heavy atom. The second kappa shape index (κ2) is 7.47. The van der Waals surface area contributed by atoms with Crippen molar-refractivity contribution in [2.45, 2.75) is 58.2 Å². The van der Waals surface area contributed by atoms with Gasteiger partial charge in [-0.25, -0.2) is 8.78 Å². The third-order valence-electron chi connectivity index (χ3n) is 8.74. The van der Waals surface area contributed by atoms with Crippen LogP contribution in [0.25, 0.3) is 0 Å². The van der Waals surface area contributed by atoms with Gasteiger partial charge in [-0.05, 0) is 42.2 Å². The molecule has 0 spiro atoms. The Morgan fingerprint density at radius 3 is 2.77 bits per heavy atom. The van der Waals surface area contributed by atoms with E-state index in [0.717, 1.165) is 0 Å². The molecule has 4 nitrogen and oxygen atoms in total. The summed E-state index contributed by atoms with van der Waals surface area (Å²) in [6, 6.07) is -0.887.